The van der Waals surface area contributed by atoms with E-state index in [1.165, 1.54) is 11.1 Å². The van der Waals surface area contributed by atoms with E-state index in [4.69, 9.17) is 0 Å². The molecule has 0 bridgehead atoms. The fraction of sp³-hybridized carbons (Fsp3) is 0.391. The Balaban J connectivity index is 2.32. The lowest BCUT2D eigenvalue weighted by atomic mass is 9.77. The van der Waals surface area contributed by atoms with Crippen molar-refractivity contribution in [3.63, 3.8) is 0 Å². The third-order valence-corrected chi connectivity index (χ3v) is 5.15. The SMILES string of the molecule is CCC(C)(C)c1ccc(C(C)(C#Cc2ccccc2)CC)cc1. The third kappa shape index (κ3) is 4.05. The highest BCUT2D eigenvalue weighted by Crippen LogP contribution is 2.31. The Labute approximate surface area is 142 Å². The Kier molecular flexibility index (Phi) is 5.32. The van der Waals surface area contributed by atoms with Crippen LogP contribution in [0.4, 0.5) is 0 Å². The van der Waals surface area contributed by atoms with Crippen LogP contribution < -0.4 is 0 Å². The van der Waals surface area contributed by atoms with Gasteiger partial charge >= 0.3 is 0 Å². The summed E-state index contributed by atoms with van der Waals surface area (Å²) in [5, 5.41) is 0. The van der Waals surface area contributed by atoms with Crippen LogP contribution in [0.25, 0.3) is 0 Å². The second-order valence-corrected chi connectivity index (χ2v) is 7.12. The minimum Gasteiger partial charge on any atom is -0.0866 e. The zero-order valence-corrected chi connectivity index (χ0v) is 15.1. The predicted molar refractivity (Wildman–Crippen MR) is 101 cm³/mol. The Morgan fingerprint density at radius 2 is 1.30 bits per heavy atom. The minimum atomic E-state index is -0.106. The van der Waals surface area contributed by atoms with Crippen LogP contribution in [-0.4, -0.2) is 0 Å². The zero-order valence-electron chi connectivity index (χ0n) is 15.1. The van der Waals surface area contributed by atoms with E-state index in [1.54, 1.807) is 0 Å². The second kappa shape index (κ2) is 7.05. The standard InChI is InChI=1S/C23H28/c1-6-22(3,4)20-13-15-21(16-14-20)23(5,7-2)18-17-19-11-9-8-10-12-19/h8-16H,6-7H2,1-5H3. The van der Waals surface area contributed by atoms with Crippen LogP contribution in [0.2, 0.25) is 0 Å². The van der Waals surface area contributed by atoms with E-state index in [0.717, 1.165) is 18.4 Å². The first kappa shape index (κ1) is 17.4. The molecule has 1 atom stereocenters. The Morgan fingerprint density at radius 3 is 1.83 bits per heavy atom. The fourth-order valence-electron chi connectivity index (χ4n) is 2.59. The molecule has 0 aliphatic heterocycles. The molecule has 2 aromatic rings. The number of hydrogen-bond donors (Lipinski definition) is 0. The van der Waals surface area contributed by atoms with Gasteiger partial charge in [0.05, 0.1) is 5.41 Å². The predicted octanol–water partition coefficient (Wildman–Crippen LogP) is 6.09. The molecule has 0 spiro atoms. The molecule has 0 saturated heterocycles. The van der Waals surface area contributed by atoms with Crippen molar-refractivity contribution < 1.29 is 0 Å². The molecular formula is C23H28. The smallest absolute Gasteiger partial charge is 0.0535 e. The van der Waals surface area contributed by atoms with Crippen molar-refractivity contribution >= 4 is 0 Å². The maximum atomic E-state index is 3.50. The van der Waals surface area contributed by atoms with Gasteiger partial charge in [0, 0.05) is 5.56 Å². The number of hydrogen-bond acceptors (Lipinski definition) is 0. The van der Waals surface area contributed by atoms with E-state index in [9.17, 15) is 0 Å². The van der Waals surface area contributed by atoms with Crippen molar-refractivity contribution in [2.75, 3.05) is 0 Å². The van der Waals surface area contributed by atoms with Gasteiger partial charge in [0.2, 0.25) is 0 Å². The van der Waals surface area contributed by atoms with Gasteiger partial charge in [0.25, 0.3) is 0 Å². The average molecular weight is 304 g/mol. The third-order valence-electron chi connectivity index (χ3n) is 5.15. The minimum absolute atomic E-state index is 0.106. The van der Waals surface area contributed by atoms with Crippen molar-refractivity contribution in [1.82, 2.24) is 0 Å². The Morgan fingerprint density at radius 1 is 0.739 bits per heavy atom. The van der Waals surface area contributed by atoms with E-state index in [1.807, 2.05) is 18.2 Å². The van der Waals surface area contributed by atoms with Gasteiger partial charge in [-0.1, -0.05) is 82.0 Å². The lowest BCUT2D eigenvalue weighted by Crippen LogP contribution is -2.20. The molecule has 0 nitrogen and oxygen atoms in total. The molecule has 1 unspecified atom stereocenters. The monoisotopic (exact) mass is 304 g/mol. The molecular weight excluding hydrogens is 276 g/mol. The first-order valence-electron chi connectivity index (χ1n) is 8.60. The summed E-state index contributed by atoms with van der Waals surface area (Å²) >= 11 is 0. The summed E-state index contributed by atoms with van der Waals surface area (Å²) < 4.78 is 0. The van der Waals surface area contributed by atoms with Crippen LogP contribution in [0.5, 0.6) is 0 Å². The molecule has 0 heteroatoms. The van der Waals surface area contributed by atoms with Gasteiger partial charge in [-0.3, -0.25) is 0 Å². The molecule has 0 heterocycles. The molecule has 120 valence electrons. The van der Waals surface area contributed by atoms with Gasteiger partial charge in [0.1, 0.15) is 0 Å². The summed E-state index contributed by atoms with van der Waals surface area (Å²) in [5.74, 6) is 6.84. The lowest BCUT2D eigenvalue weighted by Gasteiger charge is -2.26. The molecule has 0 amide bonds. The van der Waals surface area contributed by atoms with E-state index in [-0.39, 0.29) is 10.8 Å². The van der Waals surface area contributed by atoms with Crippen LogP contribution in [-0.2, 0) is 10.8 Å². The molecule has 2 aromatic carbocycles. The molecule has 0 aliphatic carbocycles. The van der Waals surface area contributed by atoms with Crippen LogP contribution in [0, 0.1) is 11.8 Å². The summed E-state index contributed by atoms with van der Waals surface area (Å²) in [6, 6.07) is 19.3. The van der Waals surface area contributed by atoms with Gasteiger partial charge in [-0.05, 0) is 48.4 Å². The molecule has 0 aromatic heterocycles. The number of rotatable bonds is 4. The molecule has 0 saturated carbocycles. The van der Waals surface area contributed by atoms with Crippen LogP contribution in [0.1, 0.15) is 64.2 Å². The molecule has 0 N–H and O–H groups in total. The largest absolute Gasteiger partial charge is 0.0866 e. The quantitative estimate of drug-likeness (QED) is 0.599. The summed E-state index contributed by atoms with van der Waals surface area (Å²) in [5.41, 5.74) is 3.91. The second-order valence-electron chi connectivity index (χ2n) is 7.12. The van der Waals surface area contributed by atoms with Crippen LogP contribution >= 0.6 is 0 Å². The van der Waals surface area contributed by atoms with Gasteiger partial charge in [-0.2, -0.15) is 0 Å². The van der Waals surface area contributed by atoms with E-state index < -0.39 is 0 Å². The topological polar surface area (TPSA) is 0 Å². The zero-order chi connectivity index (χ0) is 16.9. The van der Waals surface area contributed by atoms with Crippen molar-refractivity contribution in [2.24, 2.45) is 0 Å². The molecule has 0 aliphatic rings. The fourth-order valence-corrected chi connectivity index (χ4v) is 2.59. The highest BCUT2D eigenvalue weighted by Gasteiger charge is 2.23. The summed E-state index contributed by atoms with van der Waals surface area (Å²) in [4.78, 5) is 0. The summed E-state index contributed by atoms with van der Waals surface area (Å²) in [6.45, 7) is 11.3. The van der Waals surface area contributed by atoms with Crippen LogP contribution in [0.3, 0.4) is 0 Å². The van der Waals surface area contributed by atoms with Gasteiger partial charge in [-0.25, -0.2) is 0 Å². The summed E-state index contributed by atoms with van der Waals surface area (Å²) in [7, 11) is 0. The molecule has 0 fully saturated rings. The summed E-state index contributed by atoms with van der Waals surface area (Å²) in [6.07, 6.45) is 2.15. The van der Waals surface area contributed by atoms with E-state index in [0.29, 0.717) is 0 Å². The van der Waals surface area contributed by atoms with E-state index in [2.05, 4.69) is 82.9 Å². The first-order valence-corrected chi connectivity index (χ1v) is 8.60. The van der Waals surface area contributed by atoms with Gasteiger partial charge < -0.3 is 0 Å². The van der Waals surface area contributed by atoms with Crippen molar-refractivity contribution in [3.8, 4) is 11.8 Å². The lowest BCUT2D eigenvalue weighted by molar-refractivity contribution is 0.505. The van der Waals surface area contributed by atoms with Crippen LogP contribution in [0.15, 0.2) is 54.6 Å². The number of benzene rings is 2. The molecule has 23 heavy (non-hydrogen) atoms. The maximum absolute atomic E-state index is 3.50. The Bertz CT molecular complexity index is 680. The highest BCUT2D eigenvalue weighted by atomic mass is 14.3. The maximum Gasteiger partial charge on any atom is 0.0535 e. The van der Waals surface area contributed by atoms with Gasteiger partial charge in [-0.15, -0.1) is 0 Å². The molecule has 2 rings (SSSR count). The highest BCUT2D eigenvalue weighted by molar-refractivity contribution is 5.42. The average Bonchev–Trinajstić information content (AvgIpc) is 2.60. The van der Waals surface area contributed by atoms with Crippen molar-refractivity contribution in [3.05, 3.63) is 71.3 Å². The van der Waals surface area contributed by atoms with E-state index >= 15 is 0 Å². The molecule has 0 radical (unpaired) electrons. The normalized spacial score (nSPS) is 13.8. The van der Waals surface area contributed by atoms with Gasteiger partial charge in [0.15, 0.2) is 0 Å². The van der Waals surface area contributed by atoms with Crippen molar-refractivity contribution in [2.45, 2.75) is 58.3 Å². The first-order chi connectivity index (χ1) is 10.9. The van der Waals surface area contributed by atoms with Crippen molar-refractivity contribution in [1.29, 1.82) is 0 Å². The Hall–Kier alpha value is -2.00.